The SMILES string of the molecule is OC(CC1CC=CC1)C1CCCOC1. The number of rotatable bonds is 3. The first-order valence-corrected chi connectivity index (χ1v) is 5.77. The summed E-state index contributed by atoms with van der Waals surface area (Å²) in [6, 6.07) is 0. The van der Waals surface area contributed by atoms with Crippen LogP contribution in [0.2, 0.25) is 0 Å². The summed E-state index contributed by atoms with van der Waals surface area (Å²) in [5, 5.41) is 10.0. The Labute approximate surface area is 86.0 Å². The second-order valence-corrected chi connectivity index (χ2v) is 4.59. The van der Waals surface area contributed by atoms with Gasteiger partial charge >= 0.3 is 0 Å². The monoisotopic (exact) mass is 196 g/mol. The van der Waals surface area contributed by atoms with E-state index in [0.717, 1.165) is 45.3 Å². The molecular weight excluding hydrogens is 176 g/mol. The van der Waals surface area contributed by atoms with E-state index in [-0.39, 0.29) is 6.10 Å². The van der Waals surface area contributed by atoms with Gasteiger partial charge in [0.2, 0.25) is 0 Å². The van der Waals surface area contributed by atoms with Crippen molar-refractivity contribution in [2.75, 3.05) is 13.2 Å². The molecule has 2 nitrogen and oxygen atoms in total. The highest BCUT2D eigenvalue weighted by atomic mass is 16.5. The van der Waals surface area contributed by atoms with Crippen LogP contribution in [0.15, 0.2) is 12.2 Å². The van der Waals surface area contributed by atoms with Crippen LogP contribution < -0.4 is 0 Å². The lowest BCUT2D eigenvalue weighted by molar-refractivity contribution is -0.0170. The molecule has 1 aliphatic carbocycles. The van der Waals surface area contributed by atoms with Crippen LogP contribution >= 0.6 is 0 Å². The van der Waals surface area contributed by atoms with Crippen molar-refractivity contribution in [1.29, 1.82) is 0 Å². The van der Waals surface area contributed by atoms with Gasteiger partial charge in [-0.3, -0.25) is 0 Å². The number of aliphatic hydroxyl groups excluding tert-OH is 1. The Hall–Kier alpha value is -0.340. The maximum atomic E-state index is 10.0. The number of hydrogen-bond donors (Lipinski definition) is 1. The number of aliphatic hydroxyl groups is 1. The Balaban J connectivity index is 1.73. The molecule has 0 aromatic carbocycles. The molecule has 0 spiro atoms. The van der Waals surface area contributed by atoms with Crippen LogP contribution in [0.4, 0.5) is 0 Å². The zero-order valence-electron chi connectivity index (χ0n) is 8.69. The summed E-state index contributed by atoms with van der Waals surface area (Å²) in [6.07, 6.45) is 9.85. The average Bonchev–Trinajstić information content (AvgIpc) is 2.72. The van der Waals surface area contributed by atoms with Crippen LogP contribution in [-0.2, 0) is 4.74 Å². The number of ether oxygens (including phenoxy) is 1. The van der Waals surface area contributed by atoms with E-state index in [2.05, 4.69) is 12.2 Å². The molecule has 1 heterocycles. The van der Waals surface area contributed by atoms with Crippen LogP contribution in [0, 0.1) is 11.8 Å². The highest BCUT2D eigenvalue weighted by Crippen LogP contribution is 2.27. The van der Waals surface area contributed by atoms with Gasteiger partial charge in [-0.25, -0.2) is 0 Å². The average molecular weight is 196 g/mol. The predicted octanol–water partition coefficient (Wildman–Crippen LogP) is 2.13. The van der Waals surface area contributed by atoms with Gasteiger partial charge in [0.1, 0.15) is 0 Å². The van der Waals surface area contributed by atoms with E-state index in [1.807, 2.05) is 0 Å². The summed E-state index contributed by atoms with van der Waals surface area (Å²) >= 11 is 0. The Morgan fingerprint density at radius 1 is 1.36 bits per heavy atom. The van der Waals surface area contributed by atoms with Gasteiger partial charge in [0.05, 0.1) is 12.7 Å². The summed E-state index contributed by atoms with van der Waals surface area (Å²) < 4.78 is 5.39. The Kier molecular flexibility index (Phi) is 3.60. The number of allylic oxidation sites excluding steroid dienone is 2. The second-order valence-electron chi connectivity index (χ2n) is 4.59. The third-order valence-corrected chi connectivity index (χ3v) is 3.42. The molecule has 0 amide bonds. The van der Waals surface area contributed by atoms with Crippen molar-refractivity contribution in [2.24, 2.45) is 11.8 Å². The lowest BCUT2D eigenvalue weighted by Crippen LogP contribution is -2.30. The van der Waals surface area contributed by atoms with E-state index >= 15 is 0 Å². The van der Waals surface area contributed by atoms with Gasteiger partial charge < -0.3 is 9.84 Å². The van der Waals surface area contributed by atoms with Crippen molar-refractivity contribution in [3.8, 4) is 0 Å². The molecular formula is C12H20O2. The van der Waals surface area contributed by atoms with Crippen molar-refractivity contribution in [2.45, 2.75) is 38.2 Å². The van der Waals surface area contributed by atoms with E-state index in [1.54, 1.807) is 0 Å². The van der Waals surface area contributed by atoms with Crippen molar-refractivity contribution in [1.82, 2.24) is 0 Å². The number of hydrogen-bond acceptors (Lipinski definition) is 2. The molecule has 2 unspecified atom stereocenters. The van der Waals surface area contributed by atoms with Crippen molar-refractivity contribution < 1.29 is 9.84 Å². The van der Waals surface area contributed by atoms with Gasteiger partial charge in [-0.2, -0.15) is 0 Å². The minimum atomic E-state index is -0.139. The molecule has 0 aromatic rings. The van der Waals surface area contributed by atoms with Gasteiger partial charge in [-0.05, 0) is 38.0 Å². The topological polar surface area (TPSA) is 29.5 Å². The fourth-order valence-electron chi connectivity index (χ4n) is 2.47. The molecule has 0 aromatic heterocycles. The molecule has 0 radical (unpaired) electrons. The largest absolute Gasteiger partial charge is 0.393 e. The molecule has 0 bridgehead atoms. The fraction of sp³-hybridized carbons (Fsp3) is 0.833. The van der Waals surface area contributed by atoms with Crippen LogP contribution in [0.25, 0.3) is 0 Å². The molecule has 0 saturated carbocycles. The van der Waals surface area contributed by atoms with Crippen LogP contribution in [0.5, 0.6) is 0 Å². The van der Waals surface area contributed by atoms with Crippen molar-refractivity contribution in [3.63, 3.8) is 0 Å². The lowest BCUT2D eigenvalue weighted by atomic mass is 9.88. The lowest BCUT2D eigenvalue weighted by Gasteiger charge is -2.28. The maximum absolute atomic E-state index is 10.0. The van der Waals surface area contributed by atoms with Crippen molar-refractivity contribution in [3.05, 3.63) is 12.2 Å². The van der Waals surface area contributed by atoms with Gasteiger partial charge in [-0.15, -0.1) is 0 Å². The van der Waals surface area contributed by atoms with Crippen LogP contribution in [0.1, 0.15) is 32.1 Å². The Morgan fingerprint density at radius 3 is 2.79 bits per heavy atom. The third-order valence-electron chi connectivity index (χ3n) is 3.42. The van der Waals surface area contributed by atoms with Gasteiger partial charge in [0.15, 0.2) is 0 Å². The van der Waals surface area contributed by atoms with Gasteiger partial charge in [0, 0.05) is 12.5 Å². The van der Waals surface area contributed by atoms with E-state index in [0.29, 0.717) is 11.8 Å². The van der Waals surface area contributed by atoms with E-state index in [4.69, 9.17) is 4.74 Å². The first-order valence-electron chi connectivity index (χ1n) is 5.77. The zero-order chi connectivity index (χ0) is 9.80. The van der Waals surface area contributed by atoms with Gasteiger partial charge in [0.25, 0.3) is 0 Å². The van der Waals surface area contributed by atoms with E-state index < -0.39 is 0 Å². The fourth-order valence-corrected chi connectivity index (χ4v) is 2.47. The zero-order valence-corrected chi connectivity index (χ0v) is 8.69. The highest BCUT2D eigenvalue weighted by molar-refractivity contribution is 4.95. The molecule has 1 fully saturated rings. The van der Waals surface area contributed by atoms with E-state index in [9.17, 15) is 5.11 Å². The predicted molar refractivity (Wildman–Crippen MR) is 56.0 cm³/mol. The van der Waals surface area contributed by atoms with Crippen LogP contribution in [0.3, 0.4) is 0 Å². The Bertz CT molecular complexity index is 186. The quantitative estimate of drug-likeness (QED) is 0.701. The normalized spacial score (nSPS) is 30.8. The van der Waals surface area contributed by atoms with E-state index in [1.165, 1.54) is 0 Å². The summed E-state index contributed by atoms with van der Waals surface area (Å²) in [5.41, 5.74) is 0. The molecule has 1 aliphatic heterocycles. The summed E-state index contributed by atoms with van der Waals surface area (Å²) in [4.78, 5) is 0. The molecule has 2 heteroatoms. The first-order chi connectivity index (χ1) is 6.86. The first kappa shape index (κ1) is 10.2. The van der Waals surface area contributed by atoms with Gasteiger partial charge in [-0.1, -0.05) is 12.2 Å². The molecule has 80 valence electrons. The minimum Gasteiger partial charge on any atom is -0.393 e. The smallest absolute Gasteiger partial charge is 0.0593 e. The van der Waals surface area contributed by atoms with Crippen LogP contribution in [-0.4, -0.2) is 24.4 Å². The summed E-state index contributed by atoms with van der Waals surface area (Å²) in [6.45, 7) is 1.65. The molecule has 1 N–H and O–H groups in total. The molecule has 2 atom stereocenters. The Morgan fingerprint density at radius 2 is 2.14 bits per heavy atom. The molecule has 2 aliphatic rings. The molecule has 2 rings (SSSR count). The summed E-state index contributed by atoms with van der Waals surface area (Å²) in [7, 11) is 0. The second kappa shape index (κ2) is 4.94. The molecule has 1 saturated heterocycles. The minimum absolute atomic E-state index is 0.139. The maximum Gasteiger partial charge on any atom is 0.0593 e. The highest BCUT2D eigenvalue weighted by Gasteiger charge is 2.25. The standard InChI is InChI=1S/C12H20O2/c13-12(8-10-4-1-2-5-10)11-6-3-7-14-9-11/h1-2,10-13H,3-9H2. The molecule has 14 heavy (non-hydrogen) atoms. The summed E-state index contributed by atoms with van der Waals surface area (Å²) in [5.74, 6) is 1.08. The third kappa shape index (κ3) is 2.58. The van der Waals surface area contributed by atoms with Crippen molar-refractivity contribution >= 4 is 0 Å².